The van der Waals surface area contributed by atoms with Gasteiger partial charge in [-0.05, 0) is 93.6 Å². The average molecular weight is 727 g/mol. The molecule has 1 spiro atoms. The largest absolute Gasteiger partial charge is 0.396 e. The minimum absolute atomic E-state index is 0.0214. The van der Waals surface area contributed by atoms with Crippen LogP contribution < -0.4 is 5.32 Å². The number of aliphatic hydroxyl groups excluding tert-OH is 3. The molecule has 16 unspecified atom stereocenters. The maximum atomic E-state index is 14.3. The molecule has 12 nitrogen and oxygen atoms in total. The average Bonchev–Trinajstić information content (AvgIpc) is 3.69. The van der Waals surface area contributed by atoms with Gasteiger partial charge in [-0.2, -0.15) is 0 Å². The minimum atomic E-state index is -1.77. The first kappa shape index (κ1) is 37.0. The van der Waals surface area contributed by atoms with Crippen molar-refractivity contribution in [2.45, 2.75) is 139 Å². The molecule has 9 rings (SSSR count). The number of fused-ring (bicyclic) bond motifs is 4. The third-order valence-corrected chi connectivity index (χ3v) is 15.8. The van der Waals surface area contributed by atoms with Crippen LogP contribution in [0.3, 0.4) is 0 Å². The summed E-state index contributed by atoms with van der Waals surface area (Å²) in [5, 5.41) is 62.6. The number of methoxy groups -OCH3 is 1. The Balaban J connectivity index is 1.21. The number of hydrogen-bond acceptors (Lipinski definition) is 11. The SMILES string of the molecule is COCCCOC1CCC2(C)C(C1)C(=O)C=C1C3(O)CCC4C(C)(O)C(O)C5OC6C(O)NC(CC6C5CO)C(=O)N5CC5CC#CC12CCC43C. The number of ketones is 1. The van der Waals surface area contributed by atoms with Crippen LogP contribution >= 0.6 is 0 Å². The molecule has 0 aromatic carbocycles. The molecule has 52 heavy (non-hydrogen) atoms. The number of rotatable bonds is 6. The van der Waals surface area contributed by atoms with E-state index in [0.717, 1.165) is 12.8 Å². The van der Waals surface area contributed by atoms with Gasteiger partial charge in [0.25, 0.3) is 0 Å². The molecule has 0 aromatic heterocycles. The van der Waals surface area contributed by atoms with Gasteiger partial charge in [0, 0.05) is 57.1 Å². The van der Waals surface area contributed by atoms with Gasteiger partial charge in [-0.3, -0.25) is 14.9 Å². The van der Waals surface area contributed by atoms with E-state index >= 15 is 0 Å². The lowest BCUT2D eigenvalue weighted by Gasteiger charge is -2.64. The summed E-state index contributed by atoms with van der Waals surface area (Å²) in [6.07, 6.45) is 2.52. The minimum Gasteiger partial charge on any atom is -0.396 e. The molecule has 0 aromatic rings. The number of hydrogen-bond donors (Lipinski definition) is 6. The molecule has 16 atom stereocenters. The first-order chi connectivity index (χ1) is 24.7. The number of carbonyl (C=O) groups is 2. The van der Waals surface area contributed by atoms with Gasteiger partial charge in [-0.25, -0.2) is 0 Å². The van der Waals surface area contributed by atoms with Crippen molar-refractivity contribution in [2.24, 2.45) is 39.9 Å². The number of nitrogens with one attached hydrogen (secondary N) is 1. The van der Waals surface area contributed by atoms with E-state index in [1.54, 1.807) is 25.0 Å². The van der Waals surface area contributed by atoms with Crippen molar-refractivity contribution in [2.75, 3.05) is 33.5 Å². The molecular weight excluding hydrogens is 668 g/mol. The molecular formula is C40H58N2O10. The maximum Gasteiger partial charge on any atom is 0.240 e. The quantitative estimate of drug-likeness (QED) is 0.131. The molecule has 7 bridgehead atoms. The Labute approximate surface area is 306 Å². The van der Waals surface area contributed by atoms with Gasteiger partial charge in [0.05, 0.1) is 40.9 Å². The molecule has 3 saturated carbocycles. The summed E-state index contributed by atoms with van der Waals surface area (Å²) in [5.41, 5.74) is -4.93. The maximum absolute atomic E-state index is 14.3. The van der Waals surface area contributed by atoms with Gasteiger partial charge in [0.15, 0.2) is 5.78 Å². The fourth-order valence-corrected chi connectivity index (χ4v) is 12.6. The third kappa shape index (κ3) is 5.13. The highest BCUT2D eigenvalue weighted by Gasteiger charge is 2.74. The van der Waals surface area contributed by atoms with Crippen LogP contribution in [-0.4, -0.2) is 130 Å². The second-order valence-electron chi connectivity index (χ2n) is 18.1. The lowest BCUT2D eigenvalue weighted by molar-refractivity contribution is -0.205. The Bertz CT molecular complexity index is 1560. The van der Waals surface area contributed by atoms with E-state index in [-0.39, 0.29) is 36.4 Å². The molecule has 12 heteroatoms. The van der Waals surface area contributed by atoms with Crippen LogP contribution in [0.25, 0.3) is 0 Å². The molecule has 5 aliphatic heterocycles. The standard InChI is InChI=1S/C40H58N2O10/c1-36-11-8-23(51-16-6-15-50-4)17-26(36)28(44)19-30-39(36)10-5-7-22-20-42(22)35(47)27-18-24-25(21-43)31(52-32(24)34(46)41-27)33(45)38(3,48)29-9-12-40(30,49)37(29,2)13-14-39/h19,22-27,29,31-34,41,43,45-46,48-49H,6-9,11-18,20-21H2,1-4H3. The van der Waals surface area contributed by atoms with E-state index < -0.39 is 75.8 Å². The Morgan fingerprint density at radius 3 is 2.56 bits per heavy atom. The first-order valence-electron chi connectivity index (χ1n) is 19.7. The molecule has 3 saturated heterocycles. The molecule has 0 radical (unpaired) electrons. The Morgan fingerprint density at radius 1 is 1.02 bits per heavy atom. The van der Waals surface area contributed by atoms with Gasteiger partial charge < -0.3 is 44.6 Å². The summed E-state index contributed by atoms with van der Waals surface area (Å²) < 4.78 is 17.8. The summed E-state index contributed by atoms with van der Waals surface area (Å²) in [6, 6.07) is -0.777. The second kappa shape index (κ2) is 12.8. The highest BCUT2D eigenvalue weighted by Crippen LogP contribution is 2.73. The molecule has 288 valence electrons. The van der Waals surface area contributed by atoms with Crippen LogP contribution in [-0.2, 0) is 23.8 Å². The van der Waals surface area contributed by atoms with E-state index in [0.29, 0.717) is 76.7 Å². The molecule has 9 aliphatic rings. The zero-order chi connectivity index (χ0) is 37.0. The van der Waals surface area contributed by atoms with E-state index in [4.69, 9.17) is 14.2 Å². The zero-order valence-electron chi connectivity index (χ0n) is 31.1. The molecule has 1 amide bonds. The number of nitrogens with zero attached hydrogens (tertiary/aromatic N) is 1. The predicted molar refractivity (Wildman–Crippen MR) is 187 cm³/mol. The number of aliphatic hydroxyl groups is 5. The van der Waals surface area contributed by atoms with Gasteiger partial charge in [-0.1, -0.05) is 19.8 Å². The van der Waals surface area contributed by atoms with Crippen molar-refractivity contribution >= 4 is 11.7 Å². The van der Waals surface area contributed by atoms with Crippen LogP contribution in [0.5, 0.6) is 0 Å². The summed E-state index contributed by atoms with van der Waals surface area (Å²) in [6.45, 7) is 7.11. The fourth-order valence-electron chi connectivity index (χ4n) is 12.6. The van der Waals surface area contributed by atoms with Gasteiger partial charge in [0.1, 0.15) is 18.4 Å². The lowest BCUT2D eigenvalue weighted by atomic mass is 9.39. The number of carbonyl (C=O) groups excluding carboxylic acids is 2. The van der Waals surface area contributed by atoms with Crippen molar-refractivity contribution in [3.63, 3.8) is 0 Å². The van der Waals surface area contributed by atoms with E-state index in [1.807, 2.05) is 6.92 Å². The zero-order valence-corrected chi connectivity index (χ0v) is 31.1. The van der Waals surface area contributed by atoms with Crippen molar-refractivity contribution in [1.82, 2.24) is 10.2 Å². The van der Waals surface area contributed by atoms with E-state index in [1.165, 1.54) is 0 Å². The van der Waals surface area contributed by atoms with E-state index in [2.05, 4.69) is 24.1 Å². The molecule has 5 heterocycles. The Kier molecular flexibility index (Phi) is 9.13. The van der Waals surface area contributed by atoms with Gasteiger partial charge in [-0.15, -0.1) is 5.92 Å². The topological polar surface area (TPSA) is 178 Å². The first-order valence-corrected chi connectivity index (χ1v) is 19.7. The van der Waals surface area contributed by atoms with Crippen LogP contribution in [0.2, 0.25) is 0 Å². The summed E-state index contributed by atoms with van der Waals surface area (Å²) in [5.74, 6) is 5.07. The van der Waals surface area contributed by atoms with Gasteiger partial charge in [0.2, 0.25) is 5.91 Å². The number of ether oxygens (including phenoxy) is 3. The third-order valence-electron chi connectivity index (χ3n) is 15.8. The lowest BCUT2D eigenvalue weighted by Crippen LogP contribution is -2.66. The Morgan fingerprint density at radius 2 is 1.81 bits per heavy atom. The fraction of sp³-hybridized carbons (Fsp3) is 0.850. The van der Waals surface area contributed by atoms with Crippen LogP contribution in [0, 0.1) is 51.8 Å². The van der Waals surface area contributed by atoms with E-state index in [9.17, 15) is 35.1 Å². The summed E-state index contributed by atoms with van der Waals surface area (Å²) in [7, 11) is 1.67. The smallest absolute Gasteiger partial charge is 0.240 e. The van der Waals surface area contributed by atoms with Gasteiger partial charge >= 0.3 is 0 Å². The predicted octanol–water partition coefficient (Wildman–Crippen LogP) is 1.05. The highest BCUT2D eigenvalue weighted by atomic mass is 16.5. The Hall–Kier alpha value is -1.92. The van der Waals surface area contributed by atoms with Crippen LogP contribution in [0.1, 0.15) is 85.0 Å². The number of allylic oxidation sites excluding steroid dienone is 1. The normalized spacial score (nSPS) is 52.2. The molecule has 6 N–H and O–H groups in total. The van der Waals surface area contributed by atoms with Crippen molar-refractivity contribution in [3.8, 4) is 11.8 Å². The summed E-state index contributed by atoms with van der Waals surface area (Å²) >= 11 is 0. The van der Waals surface area contributed by atoms with Crippen LogP contribution in [0.15, 0.2) is 11.6 Å². The second-order valence-corrected chi connectivity index (χ2v) is 18.1. The number of piperidine rings is 1. The number of amides is 1. The molecule has 4 aliphatic carbocycles. The molecule has 6 fully saturated rings. The van der Waals surface area contributed by atoms with Crippen molar-refractivity contribution in [3.05, 3.63) is 11.6 Å². The monoisotopic (exact) mass is 726 g/mol. The van der Waals surface area contributed by atoms with Crippen molar-refractivity contribution in [1.29, 1.82) is 0 Å². The van der Waals surface area contributed by atoms with Crippen molar-refractivity contribution < 1.29 is 49.3 Å². The van der Waals surface area contributed by atoms with Crippen LogP contribution in [0.4, 0.5) is 0 Å². The summed E-state index contributed by atoms with van der Waals surface area (Å²) in [4.78, 5) is 29.9. The highest BCUT2D eigenvalue weighted by molar-refractivity contribution is 5.95.